The SMILES string of the molecule is CCC(C)[C@H](NC(=O)[C@H](Cc1cnc[nH]1)NC(=O)[C@@H]1CSSC[C@H](C)C(=O)N2CC(O)C[C@H]2C(=O)N[C@@H](CC2C=C(I)C(O)=CC2)C(=O)N[C@@H](CC(=O)O)C(=O)N[C@@H](CC(C)C)C(=O)N1)C(=O)N[C@@H](CC(C)C)C(C)=O.CNC(=O)[C@H](Cc1ncc[nH]1)NC(=O)[C@H](Cc1ccccc1)NC(=O)CCCCCNC(=O)Nc1ccc(-c2c3ccc(=O)cc-3oc3cc(O)ccc23)c(C(=O)O)c1. The van der Waals surface area contributed by atoms with Crippen LogP contribution in [0.2, 0.25) is 0 Å². The third-order valence-corrected chi connectivity index (χ3v) is 26.3. The number of fused-ring (bicyclic) bond motifs is 3. The van der Waals surface area contributed by atoms with Gasteiger partial charge in [-0.25, -0.2) is 19.6 Å². The molecule has 0 bridgehead atoms. The highest BCUT2D eigenvalue weighted by molar-refractivity contribution is 14.1. The van der Waals surface area contributed by atoms with E-state index in [0.29, 0.717) is 69.3 Å². The van der Waals surface area contributed by atoms with Gasteiger partial charge in [0.25, 0.3) is 0 Å². The topological polar surface area (TPSA) is 592 Å². The molecule has 2 fully saturated rings. The number of hydrogen-bond donors (Lipinski definition) is 19. The van der Waals surface area contributed by atoms with Gasteiger partial charge in [-0.05, 0) is 145 Å². The molecule has 13 amide bonds. The Labute approximate surface area is 800 Å². The minimum atomic E-state index is -1.80. The number of aliphatic carboxylic acids is 1. The Morgan fingerprint density at radius 1 is 0.696 bits per heavy atom. The van der Waals surface area contributed by atoms with Crippen LogP contribution in [0.25, 0.3) is 33.4 Å². The summed E-state index contributed by atoms with van der Waals surface area (Å²) in [5.41, 5.74) is 2.60. The molecule has 5 aliphatic rings. The summed E-state index contributed by atoms with van der Waals surface area (Å²) in [6.45, 7) is 14.0. The number of phenolic OH excluding ortho intramolecular Hbond substituents is 1. The number of ketones is 1. The molecule has 5 heterocycles. The zero-order valence-corrected chi connectivity index (χ0v) is 80.0. The molecule has 0 spiro atoms. The number of allylic oxidation sites excluding steroid dienone is 3. The molecule has 726 valence electrons. The summed E-state index contributed by atoms with van der Waals surface area (Å²) < 4.78 is 6.36. The number of rotatable bonds is 36. The Balaban J connectivity index is 0.000000312. The van der Waals surface area contributed by atoms with Crippen LogP contribution in [0.5, 0.6) is 5.75 Å². The van der Waals surface area contributed by atoms with Gasteiger partial charge < -0.3 is 109 Å². The number of urea groups is 1. The molecule has 3 aromatic carbocycles. The molecular formula is C93H118IN17O22S2. The number of H-pyrrole nitrogens is 2. The fraction of sp³-hybridized carbons (Fsp3) is 0.462. The minimum absolute atomic E-state index is 0.0256. The Morgan fingerprint density at radius 2 is 1.38 bits per heavy atom. The number of imidazole rings is 2. The molecule has 3 aliphatic heterocycles. The van der Waals surface area contributed by atoms with E-state index >= 15 is 0 Å². The summed E-state index contributed by atoms with van der Waals surface area (Å²) in [6.07, 6.45) is 9.93. The molecule has 0 radical (unpaired) electrons. The molecule has 19 N–H and O–H groups in total. The van der Waals surface area contributed by atoms with Crippen LogP contribution in [-0.4, -0.2) is 237 Å². The van der Waals surface area contributed by atoms with Gasteiger partial charge in [0, 0.05) is 128 Å². The lowest BCUT2D eigenvalue weighted by atomic mass is 9.90. The van der Waals surface area contributed by atoms with Crippen LogP contribution in [0.15, 0.2) is 141 Å². The number of carbonyl (C=O) groups excluding carboxylic acids is 13. The predicted octanol–water partition coefficient (Wildman–Crippen LogP) is 6.29. The number of nitrogens with one attached hydrogen (secondary N) is 14. The number of Topliss-reactive ketones (excluding diaryl/α,β-unsaturated/α-hetero) is 1. The summed E-state index contributed by atoms with van der Waals surface area (Å²) in [7, 11) is 3.75. The minimum Gasteiger partial charge on any atom is -0.508 e. The van der Waals surface area contributed by atoms with E-state index in [1.54, 1.807) is 76.5 Å². The van der Waals surface area contributed by atoms with Crippen molar-refractivity contribution in [3.63, 3.8) is 0 Å². The molecule has 135 heavy (non-hydrogen) atoms. The molecule has 42 heteroatoms. The average Bonchev–Trinajstić information content (AvgIpc) is 1.70. The number of nitrogens with zero attached hydrogens (tertiary/aromatic N) is 3. The van der Waals surface area contributed by atoms with E-state index in [9.17, 15) is 102 Å². The van der Waals surface area contributed by atoms with Crippen molar-refractivity contribution in [1.82, 2.24) is 83.3 Å². The highest BCUT2D eigenvalue weighted by Crippen LogP contribution is 2.43. The first-order valence-electron chi connectivity index (χ1n) is 44.5. The van der Waals surface area contributed by atoms with Gasteiger partial charge in [-0.2, -0.15) is 0 Å². The van der Waals surface area contributed by atoms with Gasteiger partial charge in [0.1, 0.15) is 83.1 Å². The standard InChI is InChI=1S/C50H75IN10O13S2.C43H43N7O9/c1-9-26(6)42(49(73)54-33(28(8)62)12-24(2)3)60-46(70)36(16-30-19-52-23-53-30)56-47(71)38-22-76-75-21-27(7)50(74)61-20-31(63)17-39(61)48(72)58-35(15-29-10-11-40(64)32(51)14-29)44(68)57-37(18-41(65)66)45(69)55-34(13-25(4)5)43(67)59-38;1-44-40(54)34(24-37-45-18-19-46-37)50-41(55)33(20-25-8-4-2-5-9-25)49-38(53)10-6-3-7-17-47-43(58)48-26-11-14-29(32(21-26)42(56)57)39-30-15-12-27(51)22-35(30)59-36-23-28(52)13-16-31(36)39/h11,14,19,23-27,29,31,33-39,42,63-64H,9-10,12-13,15-18,20-22H2,1-8H3,(H,52,53)(H,54,73)(H,55,69)(H,56,71)(H,57,68)(H,58,72)(H,59,67)(H,60,70)(H,65,66);2,4-5,8-9,11-16,18-19,21-23,33-34,51H,3,6-7,10,17,20,24H2,1H3,(H,44,54)(H,45,46)(H,49,53)(H,50,55)(H,56,57)(H2,47,48,58)/t26?,27-,29?,31?,33-,34-,35-,36-,37-,38-,39-,42-;33-,34-/m00/s1. The van der Waals surface area contributed by atoms with Crippen LogP contribution in [-0.2, 0) is 81.6 Å². The number of aromatic hydroxyl groups is 1. The number of halogens is 1. The number of aromatic nitrogens is 4. The molecule has 2 aromatic heterocycles. The van der Waals surface area contributed by atoms with Crippen LogP contribution in [0.3, 0.4) is 0 Å². The molecule has 2 aliphatic carbocycles. The van der Waals surface area contributed by atoms with Crippen molar-refractivity contribution >= 4 is 150 Å². The number of carboxylic acid groups (broad SMARTS) is 2. The van der Waals surface area contributed by atoms with Crippen LogP contribution >= 0.6 is 44.2 Å². The third kappa shape index (κ3) is 31.7. The fourth-order valence-electron chi connectivity index (χ4n) is 15.5. The molecule has 39 nitrogen and oxygen atoms in total. The van der Waals surface area contributed by atoms with Crippen LogP contribution in [0.4, 0.5) is 10.5 Å². The van der Waals surface area contributed by atoms with Crippen molar-refractivity contribution in [3.8, 4) is 28.2 Å². The number of aliphatic hydroxyl groups excluding tert-OH is 2. The van der Waals surface area contributed by atoms with E-state index in [2.05, 4.69) is 83.7 Å². The number of amides is 13. The van der Waals surface area contributed by atoms with E-state index in [1.165, 1.54) is 72.5 Å². The Morgan fingerprint density at radius 3 is 2.04 bits per heavy atom. The summed E-state index contributed by atoms with van der Waals surface area (Å²) >= 11 is 1.92. The fourth-order valence-corrected chi connectivity index (χ4v) is 18.8. The number of carbonyl (C=O) groups is 15. The van der Waals surface area contributed by atoms with Crippen LogP contribution in [0.1, 0.15) is 153 Å². The van der Waals surface area contributed by atoms with Gasteiger partial charge in [0.15, 0.2) is 11.2 Å². The third-order valence-electron chi connectivity index (χ3n) is 22.8. The van der Waals surface area contributed by atoms with Gasteiger partial charge in [-0.1, -0.05) is 125 Å². The molecular weight excluding hydrogens is 1900 g/mol. The van der Waals surface area contributed by atoms with E-state index in [0.717, 1.165) is 16.4 Å². The van der Waals surface area contributed by atoms with E-state index in [4.69, 9.17) is 4.42 Å². The molecule has 0 saturated carbocycles. The second-order valence-electron chi connectivity index (χ2n) is 34.5. The molecule has 14 atom stereocenters. The molecule has 5 aromatic rings. The van der Waals surface area contributed by atoms with Gasteiger partial charge in [0.2, 0.25) is 65.0 Å². The number of hydrogen-bond acceptors (Lipinski definition) is 24. The maximum atomic E-state index is 14.6. The molecule has 10 rings (SSSR count). The Hall–Kier alpha value is -12.7. The van der Waals surface area contributed by atoms with Gasteiger partial charge in [-0.3, -0.25) is 67.1 Å². The van der Waals surface area contributed by atoms with E-state index in [-0.39, 0.29) is 139 Å². The Bertz CT molecular complexity index is 5470. The first-order valence-corrected chi connectivity index (χ1v) is 48.1. The number of phenols is 1. The van der Waals surface area contributed by atoms with E-state index in [1.807, 2.05) is 73.7 Å². The van der Waals surface area contributed by atoms with Crippen molar-refractivity contribution < 1.29 is 102 Å². The smallest absolute Gasteiger partial charge is 0.336 e. The lowest BCUT2D eigenvalue weighted by Gasteiger charge is -2.30. The number of aliphatic hydroxyl groups is 2. The molecule has 3 unspecified atom stereocenters. The monoisotopic (exact) mass is 2020 g/mol. The number of unbranched alkanes of at least 4 members (excludes halogenated alkanes) is 2. The second-order valence-corrected chi connectivity index (χ2v) is 38.2. The normalized spacial score (nSPS) is 19.9. The number of carboxylic acids is 2. The summed E-state index contributed by atoms with van der Waals surface area (Å²) in [6, 6.07) is 9.30. The largest absolute Gasteiger partial charge is 0.508 e. The van der Waals surface area contributed by atoms with Crippen LogP contribution in [0, 0.1) is 29.6 Å². The quantitative estimate of drug-likeness (QED) is 0.00888. The summed E-state index contributed by atoms with van der Waals surface area (Å²) in [5, 5.41) is 84.0. The zero-order chi connectivity index (χ0) is 98.4. The van der Waals surface area contributed by atoms with Crippen molar-refractivity contribution in [2.45, 2.75) is 212 Å². The Kier molecular flexibility index (Phi) is 40.1. The van der Waals surface area contributed by atoms with Crippen molar-refractivity contribution in [1.29, 1.82) is 0 Å². The first-order chi connectivity index (χ1) is 64.3. The molecule has 2 saturated heterocycles. The number of anilines is 1. The zero-order valence-electron chi connectivity index (χ0n) is 76.2. The first kappa shape index (κ1) is 106. The number of benzene rings is 4. The second kappa shape index (κ2) is 51.1. The summed E-state index contributed by atoms with van der Waals surface area (Å²) in [4.78, 5) is 231. The number of aromatic carboxylic acids is 1. The number of aromatic amines is 2. The number of likely N-dealkylation sites (N-methyl/N-ethyl adjacent to an activating group) is 1. The highest BCUT2D eigenvalue weighted by atomic mass is 127. The van der Waals surface area contributed by atoms with Crippen molar-refractivity contribution in [2.24, 2.45) is 29.6 Å². The summed E-state index contributed by atoms with van der Waals surface area (Å²) in [5.74, 6) is -11.8. The van der Waals surface area contributed by atoms with Gasteiger partial charge in [0.05, 0.1) is 34.0 Å². The predicted molar refractivity (Wildman–Crippen MR) is 512 cm³/mol. The van der Waals surface area contributed by atoms with Crippen molar-refractivity contribution in [3.05, 3.63) is 164 Å². The lowest BCUT2D eigenvalue weighted by molar-refractivity contribution is -0.142. The van der Waals surface area contributed by atoms with Crippen molar-refractivity contribution in [2.75, 3.05) is 37.0 Å². The average molecular weight is 2020 g/mol. The van der Waals surface area contributed by atoms with Crippen LogP contribution < -0.4 is 69.2 Å². The van der Waals surface area contributed by atoms with Gasteiger partial charge >= 0.3 is 18.0 Å². The lowest BCUT2D eigenvalue weighted by Crippen LogP contribution is -2.61. The highest BCUT2D eigenvalue weighted by Gasteiger charge is 2.44. The maximum absolute atomic E-state index is 14.6. The van der Waals surface area contributed by atoms with Gasteiger partial charge in [-0.15, -0.1) is 0 Å². The van der Waals surface area contributed by atoms with E-state index < -0.39 is 168 Å². The maximum Gasteiger partial charge on any atom is 0.336 e.